The first kappa shape index (κ1) is 15.0. The number of hydrogen-bond acceptors (Lipinski definition) is 3. The number of carboxylic acids is 1. The number of benzene rings is 2. The molecule has 0 heterocycles. The molecule has 0 amide bonds. The predicted molar refractivity (Wildman–Crippen MR) is 76.9 cm³/mol. The summed E-state index contributed by atoms with van der Waals surface area (Å²) in [6.45, 7) is 0.809. The Bertz CT molecular complexity index is 626. The molecular formula is C16H16FNO3. The van der Waals surface area contributed by atoms with Crippen molar-refractivity contribution in [3.63, 3.8) is 0 Å². The molecule has 0 aliphatic rings. The Morgan fingerprint density at radius 3 is 2.52 bits per heavy atom. The number of ether oxygens (including phenoxy) is 1. The zero-order chi connectivity index (χ0) is 15.2. The maximum absolute atomic E-state index is 13.4. The molecule has 0 aliphatic heterocycles. The van der Waals surface area contributed by atoms with Gasteiger partial charge in [0.05, 0.1) is 5.56 Å². The minimum Gasteiger partial charge on any atom is -0.489 e. The minimum atomic E-state index is -0.968. The van der Waals surface area contributed by atoms with Crippen molar-refractivity contribution in [1.82, 2.24) is 5.32 Å². The second-order valence-electron chi connectivity index (χ2n) is 4.62. The molecule has 21 heavy (non-hydrogen) atoms. The lowest BCUT2D eigenvalue weighted by molar-refractivity contribution is 0.0697. The van der Waals surface area contributed by atoms with Crippen molar-refractivity contribution in [3.05, 3.63) is 65.0 Å². The first-order chi connectivity index (χ1) is 10.1. The van der Waals surface area contributed by atoms with E-state index in [0.29, 0.717) is 12.3 Å². The third-order valence-corrected chi connectivity index (χ3v) is 2.92. The van der Waals surface area contributed by atoms with Crippen LogP contribution >= 0.6 is 0 Å². The summed E-state index contributed by atoms with van der Waals surface area (Å²) in [5.74, 6) is -0.870. The highest BCUT2D eigenvalue weighted by atomic mass is 19.1. The van der Waals surface area contributed by atoms with Gasteiger partial charge >= 0.3 is 5.97 Å². The van der Waals surface area contributed by atoms with Gasteiger partial charge in [-0.3, -0.25) is 0 Å². The molecule has 0 unspecified atom stereocenters. The maximum atomic E-state index is 13.4. The third-order valence-electron chi connectivity index (χ3n) is 2.92. The molecule has 2 aromatic rings. The highest BCUT2D eigenvalue weighted by molar-refractivity contribution is 5.87. The first-order valence-electron chi connectivity index (χ1n) is 6.47. The van der Waals surface area contributed by atoms with Gasteiger partial charge in [-0.2, -0.15) is 0 Å². The van der Waals surface area contributed by atoms with Crippen LogP contribution in [0.25, 0.3) is 0 Å². The fourth-order valence-electron chi connectivity index (χ4n) is 1.92. The second-order valence-corrected chi connectivity index (χ2v) is 4.62. The Morgan fingerprint density at radius 1 is 1.19 bits per heavy atom. The van der Waals surface area contributed by atoms with Crippen LogP contribution in [0.2, 0.25) is 0 Å². The fraction of sp³-hybridized carbons (Fsp3) is 0.188. The second kappa shape index (κ2) is 6.85. The lowest BCUT2D eigenvalue weighted by Crippen LogP contribution is -2.06. The molecule has 0 fully saturated rings. The average molecular weight is 289 g/mol. The van der Waals surface area contributed by atoms with Crippen molar-refractivity contribution < 1.29 is 19.0 Å². The monoisotopic (exact) mass is 289 g/mol. The predicted octanol–water partition coefficient (Wildman–Crippen LogP) is 2.82. The molecule has 0 aliphatic carbocycles. The Hall–Kier alpha value is -2.40. The summed E-state index contributed by atoms with van der Waals surface area (Å²) in [6, 6.07) is 10.9. The summed E-state index contributed by atoms with van der Waals surface area (Å²) in [5.41, 5.74) is 1.84. The smallest absolute Gasteiger partial charge is 0.335 e. The van der Waals surface area contributed by atoms with Crippen LogP contribution < -0.4 is 10.1 Å². The van der Waals surface area contributed by atoms with E-state index in [0.717, 1.165) is 11.1 Å². The van der Waals surface area contributed by atoms with Crippen molar-refractivity contribution in [2.24, 2.45) is 0 Å². The van der Waals surface area contributed by atoms with Gasteiger partial charge in [0.1, 0.15) is 18.2 Å². The summed E-state index contributed by atoms with van der Waals surface area (Å²) in [7, 11) is 1.79. The molecule has 4 nitrogen and oxygen atoms in total. The molecule has 5 heteroatoms. The van der Waals surface area contributed by atoms with Crippen LogP contribution in [0.4, 0.5) is 4.39 Å². The first-order valence-corrected chi connectivity index (χ1v) is 6.47. The number of aromatic carboxylic acids is 1. The van der Waals surface area contributed by atoms with E-state index >= 15 is 0 Å². The number of hydrogen-bond donors (Lipinski definition) is 2. The van der Waals surface area contributed by atoms with E-state index in [1.165, 1.54) is 24.3 Å². The summed E-state index contributed by atoms with van der Waals surface area (Å²) >= 11 is 0. The average Bonchev–Trinajstić information content (AvgIpc) is 2.45. The van der Waals surface area contributed by atoms with Crippen LogP contribution in [0.1, 0.15) is 21.5 Å². The number of rotatable bonds is 6. The van der Waals surface area contributed by atoms with E-state index in [1.54, 1.807) is 25.2 Å². The van der Waals surface area contributed by atoms with E-state index < -0.39 is 5.97 Å². The molecule has 2 aromatic carbocycles. The quantitative estimate of drug-likeness (QED) is 0.858. The van der Waals surface area contributed by atoms with Crippen LogP contribution in [0.5, 0.6) is 5.75 Å². The van der Waals surface area contributed by atoms with E-state index in [4.69, 9.17) is 9.84 Å². The van der Waals surface area contributed by atoms with Crippen LogP contribution in [0.15, 0.2) is 42.5 Å². The van der Waals surface area contributed by atoms with Gasteiger partial charge in [-0.05, 0) is 42.4 Å². The van der Waals surface area contributed by atoms with Crippen molar-refractivity contribution in [2.75, 3.05) is 7.05 Å². The topological polar surface area (TPSA) is 58.6 Å². The highest BCUT2D eigenvalue weighted by Crippen LogP contribution is 2.18. The van der Waals surface area contributed by atoms with E-state index in [2.05, 4.69) is 5.32 Å². The van der Waals surface area contributed by atoms with Gasteiger partial charge in [-0.15, -0.1) is 0 Å². The van der Waals surface area contributed by atoms with Crippen molar-refractivity contribution in [3.8, 4) is 5.75 Å². The summed E-state index contributed by atoms with van der Waals surface area (Å²) < 4.78 is 19.0. The van der Waals surface area contributed by atoms with Crippen LogP contribution in [-0.4, -0.2) is 18.1 Å². The molecule has 2 N–H and O–H groups in total. The number of carbonyl (C=O) groups is 1. The summed E-state index contributed by atoms with van der Waals surface area (Å²) in [6.07, 6.45) is 0. The molecule has 2 rings (SSSR count). The van der Waals surface area contributed by atoms with Crippen molar-refractivity contribution in [1.29, 1.82) is 0 Å². The van der Waals surface area contributed by atoms with Crippen LogP contribution in [-0.2, 0) is 13.2 Å². The molecule has 0 atom stereocenters. The standard InChI is InChI=1S/C16H16FNO3/c1-18-9-12-6-14(17)8-15(7-12)21-10-11-2-4-13(5-3-11)16(19)20/h2-8,18H,9-10H2,1H3,(H,19,20). The van der Waals surface area contributed by atoms with Crippen molar-refractivity contribution >= 4 is 5.97 Å². The fourth-order valence-corrected chi connectivity index (χ4v) is 1.92. The zero-order valence-corrected chi connectivity index (χ0v) is 11.6. The van der Waals surface area contributed by atoms with E-state index in [1.807, 2.05) is 0 Å². The number of halogens is 1. The van der Waals surface area contributed by atoms with Crippen LogP contribution in [0.3, 0.4) is 0 Å². The van der Waals surface area contributed by atoms with Gasteiger partial charge in [0.15, 0.2) is 0 Å². The summed E-state index contributed by atoms with van der Waals surface area (Å²) in [4.78, 5) is 10.7. The van der Waals surface area contributed by atoms with Crippen LogP contribution in [0, 0.1) is 5.82 Å². The molecule has 0 bridgehead atoms. The molecule has 0 saturated carbocycles. The Balaban J connectivity index is 2.03. The maximum Gasteiger partial charge on any atom is 0.335 e. The molecular weight excluding hydrogens is 273 g/mol. The van der Waals surface area contributed by atoms with Gasteiger partial charge in [-0.25, -0.2) is 9.18 Å². The summed E-state index contributed by atoms with van der Waals surface area (Å²) in [5, 5.41) is 11.8. The third kappa shape index (κ3) is 4.29. The largest absolute Gasteiger partial charge is 0.489 e. The Kier molecular flexibility index (Phi) is 4.90. The Morgan fingerprint density at radius 2 is 1.90 bits per heavy atom. The van der Waals surface area contributed by atoms with Gasteiger partial charge < -0.3 is 15.2 Å². The van der Waals surface area contributed by atoms with E-state index in [-0.39, 0.29) is 18.0 Å². The molecule has 0 radical (unpaired) electrons. The molecule has 0 spiro atoms. The van der Waals surface area contributed by atoms with Crippen molar-refractivity contribution in [2.45, 2.75) is 13.2 Å². The van der Waals surface area contributed by atoms with Gasteiger partial charge in [0, 0.05) is 12.6 Å². The van der Waals surface area contributed by atoms with Gasteiger partial charge in [0.2, 0.25) is 0 Å². The minimum absolute atomic E-state index is 0.223. The zero-order valence-electron chi connectivity index (χ0n) is 11.6. The van der Waals surface area contributed by atoms with E-state index in [9.17, 15) is 9.18 Å². The van der Waals surface area contributed by atoms with Gasteiger partial charge in [0.25, 0.3) is 0 Å². The molecule has 0 aromatic heterocycles. The molecule has 0 saturated heterocycles. The Labute approximate surface area is 122 Å². The van der Waals surface area contributed by atoms with Gasteiger partial charge in [-0.1, -0.05) is 12.1 Å². The normalized spacial score (nSPS) is 10.4. The highest BCUT2D eigenvalue weighted by Gasteiger charge is 2.04. The lowest BCUT2D eigenvalue weighted by Gasteiger charge is -2.09. The lowest BCUT2D eigenvalue weighted by atomic mass is 10.1. The number of nitrogens with one attached hydrogen (secondary N) is 1. The number of carboxylic acid groups (broad SMARTS) is 1. The SMILES string of the molecule is CNCc1cc(F)cc(OCc2ccc(C(=O)O)cc2)c1. The molecule has 110 valence electrons.